The minimum atomic E-state index is -3.85. The van der Waals surface area contributed by atoms with Crippen LogP contribution < -0.4 is 14.8 Å². The molecule has 13 heteroatoms. The number of nitrogens with zero attached hydrogens (tertiary/aromatic N) is 2. The quantitative estimate of drug-likeness (QED) is 0.250. The number of ether oxygens (including phenoxy) is 2. The van der Waals surface area contributed by atoms with Crippen LogP contribution in [0, 0.1) is 11.8 Å². The van der Waals surface area contributed by atoms with Crippen molar-refractivity contribution in [1.82, 2.24) is 19.9 Å². The number of pyridine rings is 1. The van der Waals surface area contributed by atoms with E-state index in [9.17, 15) is 27.6 Å². The molecular formula is C42H52N4O8S. The average Bonchev–Trinajstić information content (AvgIpc) is 4.11. The highest BCUT2D eigenvalue weighted by Crippen LogP contribution is 2.47. The number of carbonyl (C=O) groups excluding carboxylic acids is 4. The normalized spacial score (nSPS) is 26.1. The molecule has 0 radical (unpaired) electrons. The van der Waals surface area contributed by atoms with E-state index in [0.717, 1.165) is 53.4 Å². The van der Waals surface area contributed by atoms with Gasteiger partial charge in [-0.25, -0.2) is 13.4 Å². The number of hydrogen-bond donors (Lipinski definition) is 2. The summed E-state index contributed by atoms with van der Waals surface area (Å²) in [7, 11) is -3.85. The third-order valence-corrected chi connectivity index (χ3v) is 13.5. The Labute approximate surface area is 323 Å². The average molecular weight is 773 g/mol. The van der Waals surface area contributed by atoms with Gasteiger partial charge in [-0.15, -0.1) is 0 Å². The number of aryl methyl sites for hydroxylation is 1. The van der Waals surface area contributed by atoms with Crippen molar-refractivity contribution in [1.29, 1.82) is 0 Å². The topological polar surface area (TPSA) is 161 Å². The number of nitrogens with one attached hydrogen (secondary N) is 2. The Morgan fingerprint density at radius 2 is 1.82 bits per heavy atom. The van der Waals surface area contributed by atoms with Crippen molar-refractivity contribution in [2.45, 2.75) is 120 Å². The first kappa shape index (κ1) is 38.7. The molecule has 4 aliphatic rings. The zero-order chi connectivity index (χ0) is 38.7. The maximum Gasteiger partial charge on any atom is 0.306 e. The highest BCUT2D eigenvalue weighted by Gasteiger charge is 2.62. The second kappa shape index (κ2) is 16.3. The molecule has 2 N–H and O–H groups in total. The van der Waals surface area contributed by atoms with Gasteiger partial charge in [-0.1, -0.05) is 69.5 Å². The largest absolute Gasteiger partial charge is 0.488 e. The number of rotatable bonds is 10. The summed E-state index contributed by atoms with van der Waals surface area (Å²) in [5.74, 6) is -2.46. The number of benzene rings is 2. The summed E-state index contributed by atoms with van der Waals surface area (Å²) in [6, 6.07) is 16.9. The molecule has 294 valence electrons. The smallest absolute Gasteiger partial charge is 0.306 e. The van der Waals surface area contributed by atoms with E-state index in [4.69, 9.17) is 14.5 Å². The van der Waals surface area contributed by atoms with Gasteiger partial charge in [0.15, 0.2) is 0 Å². The molecule has 0 unspecified atom stereocenters. The van der Waals surface area contributed by atoms with Crippen LogP contribution >= 0.6 is 0 Å². The Kier molecular flexibility index (Phi) is 11.5. The lowest BCUT2D eigenvalue weighted by Crippen LogP contribution is -2.57. The number of aromatic nitrogens is 1. The van der Waals surface area contributed by atoms with E-state index in [2.05, 4.69) is 22.2 Å². The lowest BCUT2D eigenvalue weighted by atomic mass is 9.96. The molecule has 3 heterocycles. The van der Waals surface area contributed by atoms with Crippen molar-refractivity contribution in [3.63, 3.8) is 0 Å². The maximum absolute atomic E-state index is 14.6. The number of unbranched alkanes of at least 4 members (excludes halogenated alkanes) is 1. The van der Waals surface area contributed by atoms with Crippen LogP contribution in [0.3, 0.4) is 0 Å². The summed E-state index contributed by atoms with van der Waals surface area (Å²) in [4.78, 5) is 62.2. The molecule has 2 aliphatic heterocycles. The molecule has 2 aromatic carbocycles. The van der Waals surface area contributed by atoms with Crippen LogP contribution in [0.1, 0.15) is 96.5 Å². The molecule has 5 atom stereocenters. The van der Waals surface area contributed by atoms with Crippen molar-refractivity contribution >= 4 is 44.6 Å². The first-order valence-corrected chi connectivity index (χ1v) is 21.6. The molecule has 2 saturated carbocycles. The van der Waals surface area contributed by atoms with E-state index >= 15 is 0 Å². The summed E-state index contributed by atoms with van der Waals surface area (Å²) in [6.07, 6.45) is 6.52. The van der Waals surface area contributed by atoms with Crippen LogP contribution in [0.15, 0.2) is 54.6 Å². The number of cyclic esters (lactones) is 1. The van der Waals surface area contributed by atoms with Crippen molar-refractivity contribution in [2.75, 3.05) is 13.2 Å². The Hall–Kier alpha value is -4.52. The minimum absolute atomic E-state index is 0.0746. The molecule has 12 nitrogen and oxygen atoms in total. The first-order valence-electron chi connectivity index (χ1n) is 20.0. The second-order valence-corrected chi connectivity index (χ2v) is 17.7. The van der Waals surface area contributed by atoms with E-state index in [1.54, 1.807) is 0 Å². The van der Waals surface area contributed by atoms with Gasteiger partial charge in [-0.3, -0.25) is 23.9 Å². The zero-order valence-electron chi connectivity index (χ0n) is 31.8. The molecule has 4 bridgehead atoms. The summed E-state index contributed by atoms with van der Waals surface area (Å²) in [5.41, 5.74) is 2.12. The van der Waals surface area contributed by atoms with Crippen LogP contribution in [0.4, 0.5) is 0 Å². The maximum atomic E-state index is 14.6. The van der Waals surface area contributed by atoms with E-state index in [-0.39, 0.29) is 37.8 Å². The predicted octanol–water partition coefficient (Wildman–Crippen LogP) is 5.61. The second-order valence-electron chi connectivity index (χ2n) is 15.7. The highest BCUT2D eigenvalue weighted by molar-refractivity contribution is 7.91. The molecule has 1 aromatic heterocycles. The van der Waals surface area contributed by atoms with Crippen molar-refractivity contribution in [2.24, 2.45) is 11.8 Å². The number of fused-ring (bicyclic) bond motifs is 3. The molecule has 55 heavy (non-hydrogen) atoms. The summed E-state index contributed by atoms with van der Waals surface area (Å²) in [6.45, 7) is 4.25. The third-order valence-electron chi connectivity index (χ3n) is 11.6. The third kappa shape index (κ3) is 8.66. The van der Waals surface area contributed by atoms with Gasteiger partial charge in [-0.2, -0.15) is 0 Å². The monoisotopic (exact) mass is 772 g/mol. The van der Waals surface area contributed by atoms with Crippen LogP contribution in [0.2, 0.25) is 0 Å². The van der Waals surface area contributed by atoms with Gasteiger partial charge in [0.1, 0.15) is 23.4 Å². The van der Waals surface area contributed by atoms with Crippen molar-refractivity contribution in [3.8, 4) is 17.0 Å². The zero-order valence-corrected chi connectivity index (χ0v) is 32.6. The van der Waals surface area contributed by atoms with E-state index < -0.39 is 56.7 Å². The van der Waals surface area contributed by atoms with Gasteiger partial charge < -0.3 is 19.7 Å². The van der Waals surface area contributed by atoms with Gasteiger partial charge in [0, 0.05) is 29.4 Å². The van der Waals surface area contributed by atoms with Gasteiger partial charge in [0.2, 0.25) is 21.8 Å². The molecule has 3 amide bonds. The Morgan fingerprint density at radius 3 is 2.55 bits per heavy atom. The van der Waals surface area contributed by atoms with Gasteiger partial charge in [-0.05, 0) is 75.0 Å². The van der Waals surface area contributed by atoms with Crippen molar-refractivity contribution < 1.29 is 37.1 Å². The summed E-state index contributed by atoms with van der Waals surface area (Å²) < 4.78 is 40.2. The summed E-state index contributed by atoms with van der Waals surface area (Å²) >= 11 is 0. The fourth-order valence-corrected chi connectivity index (χ4v) is 9.52. The van der Waals surface area contributed by atoms with Crippen molar-refractivity contribution in [3.05, 3.63) is 60.2 Å². The van der Waals surface area contributed by atoms with Gasteiger partial charge in [0.25, 0.3) is 5.91 Å². The van der Waals surface area contributed by atoms with E-state index in [1.165, 1.54) is 4.90 Å². The molecule has 2 aliphatic carbocycles. The van der Waals surface area contributed by atoms with Crippen LogP contribution in [0.5, 0.6) is 5.75 Å². The Morgan fingerprint density at radius 1 is 1.02 bits per heavy atom. The Balaban J connectivity index is 1.24. The molecule has 1 saturated heterocycles. The first-order chi connectivity index (χ1) is 26.5. The lowest BCUT2D eigenvalue weighted by molar-refractivity contribution is -0.150. The number of sulfonamides is 1. The Bertz CT molecular complexity index is 2040. The fraction of sp³-hybridized carbons (Fsp3) is 0.548. The molecular weight excluding hydrogens is 721 g/mol. The van der Waals surface area contributed by atoms with Crippen LogP contribution in [0.25, 0.3) is 22.2 Å². The molecule has 3 fully saturated rings. The predicted molar refractivity (Wildman–Crippen MR) is 207 cm³/mol. The van der Waals surface area contributed by atoms with E-state index in [0.29, 0.717) is 50.7 Å². The molecule has 7 rings (SSSR count). The number of carbonyl (C=O) groups is 4. The van der Waals surface area contributed by atoms with Gasteiger partial charge in [0.05, 0.1) is 36.0 Å². The molecule has 3 aromatic rings. The highest BCUT2D eigenvalue weighted by atomic mass is 32.2. The summed E-state index contributed by atoms with van der Waals surface area (Å²) in [5, 5.41) is 3.16. The lowest BCUT2D eigenvalue weighted by Gasteiger charge is -2.29. The van der Waals surface area contributed by atoms with Gasteiger partial charge >= 0.3 is 5.97 Å². The number of hydrogen-bond acceptors (Lipinski definition) is 9. The SMILES string of the molecule is CCCC[C@@H]1CC(=O)OCCCCCc2ccc3nc(-c4ccccc4)cc(c3c2)O[C@@H]2C[C@@H](C(=O)N[C@]3(C(=O)NS(=O)(=O)C4CC4)C[C@H]3CC)N(C2)C1=O. The van der Waals surface area contributed by atoms with Crippen LogP contribution in [-0.4, -0.2) is 78.1 Å². The minimum Gasteiger partial charge on any atom is -0.488 e. The van der Waals surface area contributed by atoms with E-state index in [1.807, 2.05) is 56.3 Å². The standard InChI is InChI=1S/C42H52N4O8S/c1-3-5-13-29-22-38(47)53-20-11-7-8-12-27-16-19-34-33(21-27)37(24-35(43-34)28-14-9-6-10-15-28)54-31-23-36(46(26-31)40(29)49)39(48)44-42(25-30(42)4-2)41(50)45-55(51,52)32-17-18-32/h6,9-10,14-16,19,21,24,29-32,36H,3-5,7-8,11-13,17-18,20,22-23,25-26H2,1-2H3,(H,44,48)(H,45,50)/t29-,30-,31-,36+,42-/m1/s1. The molecule has 0 spiro atoms. The fourth-order valence-electron chi connectivity index (χ4n) is 8.15. The number of esters is 1. The van der Waals surface area contributed by atoms with Crippen LogP contribution in [-0.2, 0) is 40.4 Å². The number of amides is 3.